The highest BCUT2D eigenvalue weighted by Gasteiger charge is 2.13. The number of hydrogen-bond acceptors (Lipinski definition) is 4. The topological polar surface area (TPSA) is 99.4 Å². The Labute approximate surface area is 207 Å². The maximum Gasteiger partial charge on any atom is 0.335 e. The molecule has 0 saturated carbocycles. The number of amides is 1. The van der Waals surface area contributed by atoms with Gasteiger partial charge in [-0.2, -0.15) is 5.26 Å². The van der Waals surface area contributed by atoms with E-state index in [-0.39, 0.29) is 17.7 Å². The first-order valence-corrected chi connectivity index (χ1v) is 11.3. The first-order valence-electron chi connectivity index (χ1n) is 9.71. The smallest absolute Gasteiger partial charge is 0.335 e. The van der Waals surface area contributed by atoms with E-state index < -0.39 is 11.9 Å². The van der Waals surface area contributed by atoms with E-state index in [0.717, 1.165) is 11.1 Å². The van der Waals surface area contributed by atoms with Crippen molar-refractivity contribution < 1.29 is 19.4 Å². The van der Waals surface area contributed by atoms with Gasteiger partial charge in [0.2, 0.25) is 0 Å². The number of aromatic carboxylic acids is 1. The van der Waals surface area contributed by atoms with Crippen molar-refractivity contribution in [1.29, 1.82) is 5.26 Å². The third-order valence-electron chi connectivity index (χ3n) is 4.67. The number of anilines is 1. The van der Waals surface area contributed by atoms with E-state index in [2.05, 4.69) is 37.2 Å². The number of nitrogens with zero attached hydrogens (tertiary/aromatic N) is 1. The Hall–Kier alpha value is -3.41. The second-order valence-electron chi connectivity index (χ2n) is 7.04. The predicted molar refractivity (Wildman–Crippen MR) is 133 cm³/mol. The summed E-state index contributed by atoms with van der Waals surface area (Å²) in [5, 5.41) is 21.2. The SMILES string of the molecule is Cc1ccccc1NC(=O)/C(C#N)=C\c1cc(Br)c(OCc2ccc(C(=O)O)cc2)c(Br)c1. The van der Waals surface area contributed by atoms with Gasteiger partial charge in [0.15, 0.2) is 0 Å². The molecule has 6 nitrogen and oxygen atoms in total. The van der Waals surface area contributed by atoms with Gasteiger partial charge in [-0.25, -0.2) is 4.79 Å². The van der Waals surface area contributed by atoms with Crippen LogP contribution in [0.2, 0.25) is 0 Å². The molecule has 166 valence electrons. The minimum atomic E-state index is -0.985. The number of hydrogen-bond donors (Lipinski definition) is 2. The molecule has 0 aromatic heterocycles. The van der Waals surface area contributed by atoms with Crippen LogP contribution in [0.25, 0.3) is 6.08 Å². The number of nitrogens with one attached hydrogen (secondary N) is 1. The normalized spacial score (nSPS) is 10.9. The molecule has 0 aliphatic carbocycles. The van der Waals surface area contributed by atoms with Crippen molar-refractivity contribution in [1.82, 2.24) is 0 Å². The van der Waals surface area contributed by atoms with E-state index in [1.807, 2.05) is 31.2 Å². The molecule has 0 aliphatic rings. The van der Waals surface area contributed by atoms with Crippen LogP contribution in [0.15, 0.2) is 75.2 Å². The van der Waals surface area contributed by atoms with E-state index in [1.54, 1.807) is 30.3 Å². The van der Waals surface area contributed by atoms with Crippen LogP contribution >= 0.6 is 31.9 Å². The Morgan fingerprint density at radius 3 is 2.30 bits per heavy atom. The lowest BCUT2D eigenvalue weighted by atomic mass is 10.1. The molecule has 0 atom stereocenters. The van der Waals surface area contributed by atoms with Gasteiger partial charge in [-0.05, 0) is 91.9 Å². The maximum absolute atomic E-state index is 12.6. The number of benzene rings is 3. The molecule has 8 heteroatoms. The van der Waals surface area contributed by atoms with E-state index in [9.17, 15) is 14.9 Å². The van der Waals surface area contributed by atoms with Crippen LogP contribution in [0.1, 0.15) is 27.0 Å². The zero-order chi connectivity index (χ0) is 24.0. The molecule has 1 amide bonds. The zero-order valence-electron chi connectivity index (χ0n) is 17.4. The van der Waals surface area contributed by atoms with Crippen molar-refractivity contribution in [2.24, 2.45) is 0 Å². The maximum atomic E-state index is 12.6. The monoisotopic (exact) mass is 568 g/mol. The zero-order valence-corrected chi connectivity index (χ0v) is 20.6. The lowest BCUT2D eigenvalue weighted by molar-refractivity contribution is -0.112. The Morgan fingerprint density at radius 2 is 1.73 bits per heavy atom. The average molecular weight is 570 g/mol. The van der Waals surface area contributed by atoms with Gasteiger partial charge in [0, 0.05) is 5.69 Å². The molecule has 2 N–H and O–H groups in total. The summed E-state index contributed by atoms with van der Waals surface area (Å²) in [4.78, 5) is 23.5. The number of carbonyl (C=O) groups is 2. The molecule has 0 saturated heterocycles. The summed E-state index contributed by atoms with van der Waals surface area (Å²) in [6.07, 6.45) is 1.50. The van der Waals surface area contributed by atoms with Crippen molar-refractivity contribution in [3.05, 3.63) is 97.4 Å². The number of rotatable bonds is 7. The Kier molecular flexibility index (Phi) is 8.04. The summed E-state index contributed by atoms with van der Waals surface area (Å²) in [7, 11) is 0. The largest absolute Gasteiger partial charge is 0.487 e. The van der Waals surface area contributed by atoms with Crippen molar-refractivity contribution in [2.45, 2.75) is 13.5 Å². The molecule has 0 fully saturated rings. The molecular weight excluding hydrogens is 552 g/mol. The number of ether oxygens (including phenoxy) is 1. The number of nitriles is 1. The number of aryl methyl sites for hydroxylation is 1. The molecule has 0 aliphatic heterocycles. The third kappa shape index (κ3) is 6.31. The van der Waals surface area contributed by atoms with Crippen LogP contribution < -0.4 is 10.1 Å². The predicted octanol–water partition coefficient (Wildman–Crippen LogP) is 6.34. The van der Waals surface area contributed by atoms with Crippen LogP contribution in [0, 0.1) is 18.3 Å². The van der Waals surface area contributed by atoms with E-state index in [4.69, 9.17) is 9.84 Å². The van der Waals surface area contributed by atoms with Crippen LogP contribution in [0.3, 0.4) is 0 Å². The van der Waals surface area contributed by atoms with Crippen LogP contribution in [0.5, 0.6) is 5.75 Å². The minimum Gasteiger partial charge on any atom is -0.487 e. The Bertz CT molecular complexity index is 1260. The van der Waals surface area contributed by atoms with Gasteiger partial charge in [-0.1, -0.05) is 30.3 Å². The summed E-state index contributed by atoms with van der Waals surface area (Å²) in [6, 6.07) is 19.2. The Morgan fingerprint density at radius 1 is 1.09 bits per heavy atom. The molecule has 0 radical (unpaired) electrons. The lowest BCUT2D eigenvalue weighted by Crippen LogP contribution is -2.14. The standard InChI is InChI=1S/C25H18Br2N2O4/c1-15-4-2-3-5-22(15)29-24(30)19(13-28)10-17-11-20(26)23(21(27)12-17)33-14-16-6-8-18(9-7-16)25(31)32/h2-12H,14H2,1H3,(H,29,30)(H,31,32)/b19-10-. The van der Waals surface area contributed by atoms with Gasteiger partial charge >= 0.3 is 5.97 Å². The van der Waals surface area contributed by atoms with Crippen molar-refractivity contribution in [2.75, 3.05) is 5.32 Å². The number of carbonyl (C=O) groups excluding carboxylic acids is 1. The van der Waals surface area contributed by atoms with Gasteiger partial charge < -0.3 is 15.2 Å². The third-order valence-corrected chi connectivity index (χ3v) is 5.85. The summed E-state index contributed by atoms with van der Waals surface area (Å²) in [5.41, 5.74) is 3.14. The van der Waals surface area contributed by atoms with Gasteiger partial charge in [0.25, 0.3) is 5.91 Å². The second-order valence-corrected chi connectivity index (χ2v) is 8.75. The second kappa shape index (κ2) is 10.9. The highest BCUT2D eigenvalue weighted by Crippen LogP contribution is 2.36. The van der Waals surface area contributed by atoms with Crippen molar-refractivity contribution in [3.8, 4) is 11.8 Å². The molecule has 0 spiro atoms. The fraction of sp³-hybridized carbons (Fsp3) is 0.0800. The Balaban J connectivity index is 1.75. The first-order chi connectivity index (χ1) is 15.8. The fourth-order valence-electron chi connectivity index (χ4n) is 2.92. The van der Waals surface area contributed by atoms with Crippen LogP contribution in [-0.2, 0) is 11.4 Å². The van der Waals surface area contributed by atoms with E-state index in [0.29, 0.717) is 25.9 Å². The molecule has 0 unspecified atom stereocenters. The molecule has 3 rings (SSSR count). The molecular formula is C25H18Br2N2O4. The number of carboxylic acids is 1. The van der Waals surface area contributed by atoms with Gasteiger partial charge in [-0.3, -0.25) is 4.79 Å². The lowest BCUT2D eigenvalue weighted by Gasteiger charge is -2.12. The first kappa shape index (κ1) is 24.2. The molecule has 3 aromatic carbocycles. The highest BCUT2D eigenvalue weighted by atomic mass is 79.9. The number of para-hydroxylation sites is 1. The summed E-state index contributed by atoms with van der Waals surface area (Å²) < 4.78 is 7.13. The molecule has 0 bridgehead atoms. The van der Waals surface area contributed by atoms with Gasteiger partial charge in [-0.15, -0.1) is 0 Å². The van der Waals surface area contributed by atoms with Gasteiger partial charge in [0.1, 0.15) is 24.0 Å². The summed E-state index contributed by atoms with van der Waals surface area (Å²) in [6.45, 7) is 2.10. The number of carboxylic acid groups (broad SMARTS) is 1. The number of halogens is 2. The minimum absolute atomic E-state index is 0.0377. The summed E-state index contributed by atoms with van der Waals surface area (Å²) >= 11 is 6.94. The molecule has 33 heavy (non-hydrogen) atoms. The van der Waals surface area contributed by atoms with Crippen LogP contribution in [-0.4, -0.2) is 17.0 Å². The average Bonchev–Trinajstić information content (AvgIpc) is 2.78. The quantitative estimate of drug-likeness (QED) is 0.255. The highest BCUT2D eigenvalue weighted by molar-refractivity contribution is 9.11. The molecule has 0 heterocycles. The van der Waals surface area contributed by atoms with Crippen molar-refractivity contribution >= 4 is 55.5 Å². The van der Waals surface area contributed by atoms with E-state index in [1.165, 1.54) is 18.2 Å². The fourth-order valence-corrected chi connectivity index (χ4v) is 4.37. The van der Waals surface area contributed by atoms with Crippen LogP contribution in [0.4, 0.5) is 5.69 Å². The van der Waals surface area contributed by atoms with E-state index >= 15 is 0 Å². The van der Waals surface area contributed by atoms with Gasteiger partial charge in [0.05, 0.1) is 14.5 Å². The van der Waals surface area contributed by atoms with Crippen molar-refractivity contribution in [3.63, 3.8) is 0 Å². The molecule has 3 aromatic rings. The summed E-state index contributed by atoms with van der Waals surface area (Å²) in [5.74, 6) is -0.942.